The Labute approximate surface area is 183 Å². The summed E-state index contributed by atoms with van der Waals surface area (Å²) in [5, 5.41) is 16.9. The van der Waals surface area contributed by atoms with E-state index in [4.69, 9.17) is 11.6 Å². The fraction of sp³-hybridized carbons (Fsp3) is 0.273. The van der Waals surface area contributed by atoms with Gasteiger partial charge in [-0.25, -0.2) is 8.78 Å². The van der Waals surface area contributed by atoms with E-state index in [1.807, 2.05) is 0 Å². The summed E-state index contributed by atoms with van der Waals surface area (Å²) in [6.45, 7) is 1.13. The minimum atomic E-state index is -0.480. The van der Waals surface area contributed by atoms with Crippen LogP contribution < -0.4 is 5.32 Å². The summed E-state index contributed by atoms with van der Waals surface area (Å²) in [5.74, 6) is -1.37. The minimum Gasteiger partial charge on any atom is -0.395 e. The number of benzene rings is 2. The molecule has 0 saturated carbocycles. The summed E-state index contributed by atoms with van der Waals surface area (Å²) in [6.07, 6.45) is 3.92. The average molecular weight is 447 g/mol. The lowest BCUT2D eigenvalue weighted by molar-refractivity contribution is 0.102. The average Bonchev–Trinajstić information content (AvgIpc) is 3.37. The lowest BCUT2D eigenvalue weighted by atomic mass is 10.1. The van der Waals surface area contributed by atoms with Crippen molar-refractivity contribution in [2.24, 2.45) is 0 Å². The van der Waals surface area contributed by atoms with Crippen LogP contribution in [0.5, 0.6) is 0 Å². The molecule has 1 saturated heterocycles. The zero-order valence-electron chi connectivity index (χ0n) is 16.5. The molecule has 162 valence electrons. The van der Waals surface area contributed by atoms with Crippen molar-refractivity contribution in [3.63, 3.8) is 0 Å². The third-order valence-electron chi connectivity index (χ3n) is 5.41. The number of carbonyl (C=O) groups excluding carboxylic acids is 1. The Morgan fingerprint density at radius 2 is 2.10 bits per heavy atom. The Kier molecular flexibility index (Phi) is 6.31. The molecule has 3 aromatic rings. The summed E-state index contributed by atoms with van der Waals surface area (Å²) >= 11 is 5.88. The Morgan fingerprint density at radius 1 is 1.26 bits per heavy atom. The third-order valence-corrected chi connectivity index (χ3v) is 5.70. The summed E-state index contributed by atoms with van der Waals surface area (Å²) in [7, 11) is 0. The zero-order chi connectivity index (χ0) is 22.0. The lowest BCUT2D eigenvalue weighted by Crippen LogP contribution is -2.31. The van der Waals surface area contributed by atoms with Gasteiger partial charge in [-0.1, -0.05) is 23.7 Å². The third kappa shape index (κ3) is 4.92. The van der Waals surface area contributed by atoms with Gasteiger partial charge in [-0.3, -0.25) is 14.4 Å². The topological polar surface area (TPSA) is 70.4 Å². The van der Waals surface area contributed by atoms with Gasteiger partial charge in [0.1, 0.15) is 11.6 Å². The molecule has 1 fully saturated rings. The van der Waals surface area contributed by atoms with Gasteiger partial charge in [-0.05, 0) is 42.3 Å². The van der Waals surface area contributed by atoms with Gasteiger partial charge in [0.05, 0.1) is 29.6 Å². The molecule has 1 aliphatic rings. The smallest absolute Gasteiger partial charge is 0.255 e. The Morgan fingerprint density at radius 3 is 2.84 bits per heavy atom. The number of aromatic nitrogens is 2. The number of nitrogens with one attached hydrogen (secondary N) is 1. The van der Waals surface area contributed by atoms with E-state index in [0.717, 1.165) is 5.56 Å². The Balaban J connectivity index is 1.42. The van der Waals surface area contributed by atoms with Crippen LogP contribution in [0.3, 0.4) is 0 Å². The van der Waals surface area contributed by atoms with E-state index < -0.39 is 17.5 Å². The molecule has 4 rings (SSSR count). The number of hydrogen-bond donors (Lipinski definition) is 2. The molecule has 1 aromatic heterocycles. The number of hydrogen-bond acceptors (Lipinski definition) is 4. The van der Waals surface area contributed by atoms with Crippen LogP contribution >= 0.6 is 11.6 Å². The number of likely N-dealkylation sites (tertiary alicyclic amines) is 1. The predicted octanol–water partition coefficient (Wildman–Crippen LogP) is 3.87. The first-order valence-electron chi connectivity index (χ1n) is 9.83. The first kappa shape index (κ1) is 21.4. The number of aliphatic hydroxyl groups excluding tert-OH is 1. The van der Waals surface area contributed by atoms with Crippen LogP contribution in [0.4, 0.5) is 14.5 Å². The monoisotopic (exact) mass is 446 g/mol. The van der Waals surface area contributed by atoms with E-state index in [1.54, 1.807) is 23.0 Å². The molecular formula is C22H21ClF2N4O2. The van der Waals surface area contributed by atoms with Crippen molar-refractivity contribution in [2.75, 3.05) is 18.5 Å². The van der Waals surface area contributed by atoms with Crippen molar-refractivity contribution in [1.82, 2.24) is 14.7 Å². The van der Waals surface area contributed by atoms with Crippen LogP contribution in [-0.4, -0.2) is 44.9 Å². The van der Waals surface area contributed by atoms with Gasteiger partial charge in [-0.2, -0.15) is 5.10 Å². The fourth-order valence-corrected chi connectivity index (χ4v) is 4.04. The standard InChI is InChI=1S/C22H21ClF2N4O2/c23-20-6-14(4-5-21(20)25)10-28-12-18(8-19(28)13-30)29-11-17(9-26-29)27-22(31)15-2-1-3-16(24)7-15/h1-7,9,11,18-19,30H,8,10,12-13H2,(H,27,31)/t18-,19-/m0/s1. The largest absolute Gasteiger partial charge is 0.395 e. The minimum absolute atomic E-state index is 0.00658. The molecule has 0 spiro atoms. The van der Waals surface area contributed by atoms with E-state index in [0.29, 0.717) is 25.2 Å². The molecular weight excluding hydrogens is 426 g/mol. The van der Waals surface area contributed by atoms with Crippen LogP contribution in [0.25, 0.3) is 0 Å². The number of anilines is 1. The number of aliphatic hydroxyl groups is 1. The summed E-state index contributed by atoms with van der Waals surface area (Å²) in [4.78, 5) is 14.4. The van der Waals surface area contributed by atoms with Gasteiger partial charge in [0.2, 0.25) is 0 Å². The molecule has 1 aliphatic heterocycles. The van der Waals surface area contributed by atoms with Crippen LogP contribution in [0.2, 0.25) is 5.02 Å². The maximum atomic E-state index is 13.4. The first-order chi connectivity index (χ1) is 14.9. The lowest BCUT2D eigenvalue weighted by Gasteiger charge is -2.22. The zero-order valence-corrected chi connectivity index (χ0v) is 17.3. The molecule has 6 nitrogen and oxygen atoms in total. The highest BCUT2D eigenvalue weighted by molar-refractivity contribution is 6.30. The molecule has 0 bridgehead atoms. The van der Waals surface area contributed by atoms with Crippen LogP contribution in [0.1, 0.15) is 28.4 Å². The molecule has 9 heteroatoms. The van der Waals surface area contributed by atoms with Gasteiger partial charge < -0.3 is 10.4 Å². The number of nitrogens with zero attached hydrogens (tertiary/aromatic N) is 3. The highest BCUT2D eigenvalue weighted by Crippen LogP contribution is 2.29. The van der Waals surface area contributed by atoms with E-state index in [1.165, 1.54) is 36.5 Å². The van der Waals surface area contributed by atoms with Crippen LogP contribution in [-0.2, 0) is 6.54 Å². The molecule has 31 heavy (non-hydrogen) atoms. The van der Waals surface area contributed by atoms with Gasteiger partial charge in [0.25, 0.3) is 5.91 Å². The van der Waals surface area contributed by atoms with Crippen molar-refractivity contribution < 1.29 is 18.7 Å². The van der Waals surface area contributed by atoms with Crippen molar-refractivity contribution in [3.8, 4) is 0 Å². The van der Waals surface area contributed by atoms with Gasteiger partial charge in [-0.15, -0.1) is 0 Å². The van der Waals surface area contributed by atoms with Crippen LogP contribution in [0, 0.1) is 11.6 Å². The second kappa shape index (κ2) is 9.13. The second-order valence-electron chi connectivity index (χ2n) is 7.58. The molecule has 2 N–H and O–H groups in total. The molecule has 0 radical (unpaired) electrons. The number of amides is 1. The highest BCUT2D eigenvalue weighted by atomic mass is 35.5. The van der Waals surface area contributed by atoms with Gasteiger partial charge in [0, 0.05) is 30.9 Å². The number of carbonyl (C=O) groups is 1. The van der Waals surface area contributed by atoms with Crippen molar-refractivity contribution >= 4 is 23.2 Å². The van der Waals surface area contributed by atoms with Crippen molar-refractivity contribution in [2.45, 2.75) is 25.0 Å². The molecule has 2 atom stereocenters. The molecule has 2 aromatic carbocycles. The van der Waals surface area contributed by atoms with Gasteiger partial charge >= 0.3 is 0 Å². The summed E-state index contributed by atoms with van der Waals surface area (Å²) in [6, 6.07) is 9.97. The predicted molar refractivity (Wildman–Crippen MR) is 113 cm³/mol. The van der Waals surface area contributed by atoms with Crippen molar-refractivity contribution in [3.05, 3.63) is 82.6 Å². The molecule has 0 aliphatic carbocycles. The van der Waals surface area contributed by atoms with E-state index in [-0.39, 0.29) is 29.3 Å². The van der Waals surface area contributed by atoms with Crippen LogP contribution in [0.15, 0.2) is 54.9 Å². The van der Waals surface area contributed by atoms with E-state index >= 15 is 0 Å². The second-order valence-corrected chi connectivity index (χ2v) is 7.98. The summed E-state index contributed by atoms with van der Waals surface area (Å²) < 4.78 is 28.5. The maximum Gasteiger partial charge on any atom is 0.255 e. The van der Waals surface area contributed by atoms with E-state index in [2.05, 4.69) is 15.3 Å². The van der Waals surface area contributed by atoms with Crippen molar-refractivity contribution in [1.29, 1.82) is 0 Å². The quantitative estimate of drug-likeness (QED) is 0.603. The SMILES string of the molecule is O=C(Nc1cnn([C@H]2C[C@@H](CO)N(Cc3ccc(F)c(Cl)c3)C2)c1)c1cccc(F)c1. The highest BCUT2D eigenvalue weighted by Gasteiger charge is 2.33. The number of halogens is 3. The van der Waals surface area contributed by atoms with Gasteiger partial charge in [0.15, 0.2) is 0 Å². The van der Waals surface area contributed by atoms with E-state index in [9.17, 15) is 18.7 Å². The maximum absolute atomic E-state index is 13.4. The molecule has 1 amide bonds. The molecule has 2 heterocycles. The normalized spacial score (nSPS) is 19.0. The molecule has 0 unspecified atom stereocenters. The summed E-state index contributed by atoms with van der Waals surface area (Å²) in [5.41, 5.74) is 1.57. The fourth-order valence-electron chi connectivity index (χ4n) is 3.84. The first-order valence-corrected chi connectivity index (χ1v) is 10.2. The Bertz CT molecular complexity index is 1090. The Hall–Kier alpha value is -2.81. The number of rotatable bonds is 6.